The zero-order valence-corrected chi connectivity index (χ0v) is 13.1. The molecular weight excluding hydrogens is 234 g/mol. The van der Waals surface area contributed by atoms with E-state index in [9.17, 15) is 0 Å². The summed E-state index contributed by atoms with van der Waals surface area (Å²) in [5, 5.41) is 3.72. The summed E-state index contributed by atoms with van der Waals surface area (Å²) in [5.74, 6) is 0.950. The van der Waals surface area contributed by atoms with E-state index in [0.717, 1.165) is 12.3 Å². The Balaban J connectivity index is 2.58. The molecule has 0 heterocycles. The first-order valence-electron chi connectivity index (χ1n) is 7.55. The minimum absolute atomic E-state index is 0.233. The first-order valence-corrected chi connectivity index (χ1v) is 7.55. The van der Waals surface area contributed by atoms with E-state index in [1.807, 2.05) is 13.8 Å². The van der Waals surface area contributed by atoms with E-state index in [1.165, 1.54) is 24.8 Å². The second kappa shape index (κ2) is 7.54. The summed E-state index contributed by atoms with van der Waals surface area (Å²) in [7, 11) is 0. The summed E-state index contributed by atoms with van der Waals surface area (Å²) in [4.78, 5) is 0. The van der Waals surface area contributed by atoms with Crippen LogP contribution in [0.2, 0.25) is 0 Å². The average Bonchev–Trinajstić information content (AvgIpc) is 2.42. The van der Waals surface area contributed by atoms with Gasteiger partial charge in [0.05, 0.1) is 6.10 Å². The maximum absolute atomic E-state index is 5.66. The van der Waals surface area contributed by atoms with Crippen LogP contribution in [-0.4, -0.2) is 11.6 Å². The van der Waals surface area contributed by atoms with Crippen molar-refractivity contribution in [3.05, 3.63) is 29.8 Å². The van der Waals surface area contributed by atoms with Gasteiger partial charge >= 0.3 is 0 Å². The molecule has 0 fully saturated rings. The van der Waals surface area contributed by atoms with Gasteiger partial charge in [-0.3, -0.25) is 0 Å². The minimum atomic E-state index is 0.233. The molecule has 0 aliphatic carbocycles. The van der Waals surface area contributed by atoms with Crippen molar-refractivity contribution in [3.8, 4) is 5.75 Å². The molecule has 1 N–H and O–H groups in total. The Morgan fingerprint density at radius 2 is 1.53 bits per heavy atom. The lowest BCUT2D eigenvalue weighted by Gasteiger charge is -2.32. The summed E-state index contributed by atoms with van der Waals surface area (Å²) in [6.07, 6.45) is 3.76. The second-order valence-corrected chi connectivity index (χ2v) is 5.51. The van der Waals surface area contributed by atoms with E-state index in [4.69, 9.17) is 4.74 Å². The Morgan fingerprint density at radius 3 is 1.95 bits per heavy atom. The molecular formula is C17H29NO. The van der Waals surface area contributed by atoms with Crippen LogP contribution in [0.15, 0.2) is 24.3 Å². The van der Waals surface area contributed by atoms with Gasteiger partial charge in [-0.1, -0.05) is 32.9 Å². The molecule has 1 aromatic carbocycles. The highest BCUT2D eigenvalue weighted by Gasteiger charge is 2.22. The summed E-state index contributed by atoms with van der Waals surface area (Å²) in [6, 6.07) is 8.41. The third kappa shape index (κ3) is 4.87. The van der Waals surface area contributed by atoms with Crippen molar-refractivity contribution in [2.45, 2.75) is 72.1 Å². The highest BCUT2D eigenvalue weighted by atomic mass is 16.5. The molecule has 2 nitrogen and oxygen atoms in total. The smallest absolute Gasteiger partial charge is 0.119 e. The van der Waals surface area contributed by atoms with Gasteiger partial charge in [-0.25, -0.2) is 0 Å². The monoisotopic (exact) mass is 263 g/mol. The first kappa shape index (κ1) is 16.0. The zero-order chi connectivity index (χ0) is 14.3. The Hall–Kier alpha value is -1.02. The Bertz CT molecular complexity index is 344. The van der Waals surface area contributed by atoms with Crippen LogP contribution in [0.1, 0.15) is 59.4 Å². The largest absolute Gasteiger partial charge is 0.491 e. The molecule has 0 aliphatic rings. The summed E-state index contributed by atoms with van der Waals surface area (Å²) in [6.45, 7) is 11.8. The number of rotatable bonds is 8. The lowest BCUT2D eigenvalue weighted by atomic mass is 9.89. The van der Waals surface area contributed by atoms with Gasteiger partial charge < -0.3 is 10.1 Å². The number of nitrogens with one attached hydrogen (secondary N) is 1. The number of ether oxygens (including phenoxy) is 1. The van der Waals surface area contributed by atoms with Crippen LogP contribution in [0.25, 0.3) is 0 Å². The quantitative estimate of drug-likeness (QED) is 0.744. The fraction of sp³-hybridized carbons (Fsp3) is 0.647. The molecule has 0 aliphatic heterocycles. The van der Waals surface area contributed by atoms with Crippen LogP contribution in [-0.2, 0) is 6.54 Å². The molecule has 0 aromatic heterocycles. The molecule has 2 heteroatoms. The normalized spacial score (nSPS) is 11.9. The van der Waals surface area contributed by atoms with E-state index in [0.29, 0.717) is 0 Å². The summed E-state index contributed by atoms with van der Waals surface area (Å²) >= 11 is 0. The maximum Gasteiger partial charge on any atom is 0.119 e. The van der Waals surface area contributed by atoms with Gasteiger partial charge in [0, 0.05) is 12.1 Å². The van der Waals surface area contributed by atoms with Crippen molar-refractivity contribution in [2.24, 2.45) is 0 Å². The molecule has 0 amide bonds. The predicted octanol–water partition coefficient (Wildman–Crippen LogP) is 4.53. The maximum atomic E-state index is 5.66. The average molecular weight is 263 g/mol. The Kier molecular flexibility index (Phi) is 6.36. The van der Waals surface area contributed by atoms with Gasteiger partial charge in [0.15, 0.2) is 0 Å². The van der Waals surface area contributed by atoms with Gasteiger partial charge in [0.1, 0.15) is 5.75 Å². The van der Waals surface area contributed by atoms with Crippen LogP contribution >= 0.6 is 0 Å². The molecule has 0 unspecified atom stereocenters. The topological polar surface area (TPSA) is 21.3 Å². The van der Waals surface area contributed by atoms with Crippen LogP contribution in [0, 0.1) is 0 Å². The molecule has 0 saturated carbocycles. The van der Waals surface area contributed by atoms with E-state index < -0.39 is 0 Å². The molecule has 0 radical (unpaired) electrons. The van der Waals surface area contributed by atoms with E-state index >= 15 is 0 Å². The highest BCUT2D eigenvalue weighted by Crippen LogP contribution is 2.20. The standard InChI is InChI=1S/C17H29NO/c1-6-17(7-2,8-3)18-13-15-9-11-16(12-10-15)19-14(4)5/h9-12,14,18H,6-8,13H2,1-5H3. The van der Waals surface area contributed by atoms with Gasteiger partial charge in [-0.05, 0) is 50.8 Å². The molecule has 0 atom stereocenters. The van der Waals surface area contributed by atoms with Crippen molar-refractivity contribution in [3.63, 3.8) is 0 Å². The van der Waals surface area contributed by atoms with Crippen LogP contribution in [0.3, 0.4) is 0 Å². The van der Waals surface area contributed by atoms with Gasteiger partial charge in [-0.15, -0.1) is 0 Å². The summed E-state index contributed by atoms with van der Waals surface area (Å²) in [5.41, 5.74) is 1.60. The van der Waals surface area contributed by atoms with E-state index in [-0.39, 0.29) is 11.6 Å². The zero-order valence-electron chi connectivity index (χ0n) is 13.1. The Morgan fingerprint density at radius 1 is 1.00 bits per heavy atom. The van der Waals surface area contributed by atoms with E-state index in [1.54, 1.807) is 0 Å². The highest BCUT2D eigenvalue weighted by molar-refractivity contribution is 5.27. The van der Waals surface area contributed by atoms with Crippen molar-refractivity contribution in [1.29, 1.82) is 0 Å². The SMILES string of the molecule is CCC(CC)(CC)NCc1ccc(OC(C)C)cc1. The van der Waals surface area contributed by atoms with Gasteiger partial charge in [0.2, 0.25) is 0 Å². The first-order chi connectivity index (χ1) is 9.05. The predicted molar refractivity (Wildman–Crippen MR) is 82.6 cm³/mol. The second-order valence-electron chi connectivity index (χ2n) is 5.51. The van der Waals surface area contributed by atoms with E-state index in [2.05, 4.69) is 50.4 Å². The minimum Gasteiger partial charge on any atom is -0.491 e. The third-order valence-corrected chi connectivity index (χ3v) is 3.99. The summed E-state index contributed by atoms with van der Waals surface area (Å²) < 4.78 is 5.66. The van der Waals surface area contributed by atoms with Crippen molar-refractivity contribution >= 4 is 0 Å². The molecule has 0 saturated heterocycles. The Labute approximate surface area is 118 Å². The molecule has 1 aromatic rings. The van der Waals surface area contributed by atoms with Crippen LogP contribution in [0.5, 0.6) is 5.75 Å². The third-order valence-electron chi connectivity index (χ3n) is 3.99. The van der Waals surface area contributed by atoms with Crippen LogP contribution in [0.4, 0.5) is 0 Å². The van der Waals surface area contributed by atoms with Crippen molar-refractivity contribution in [1.82, 2.24) is 5.32 Å². The fourth-order valence-electron chi connectivity index (χ4n) is 2.37. The number of hydrogen-bond acceptors (Lipinski definition) is 2. The number of benzene rings is 1. The fourth-order valence-corrected chi connectivity index (χ4v) is 2.37. The van der Waals surface area contributed by atoms with Crippen molar-refractivity contribution in [2.75, 3.05) is 0 Å². The van der Waals surface area contributed by atoms with Crippen molar-refractivity contribution < 1.29 is 4.74 Å². The molecule has 19 heavy (non-hydrogen) atoms. The number of hydrogen-bond donors (Lipinski definition) is 1. The molecule has 0 bridgehead atoms. The van der Waals surface area contributed by atoms with Gasteiger partial charge in [-0.2, -0.15) is 0 Å². The molecule has 108 valence electrons. The lowest BCUT2D eigenvalue weighted by molar-refractivity contribution is 0.242. The van der Waals surface area contributed by atoms with Gasteiger partial charge in [0.25, 0.3) is 0 Å². The molecule has 0 spiro atoms. The molecule has 1 rings (SSSR count). The lowest BCUT2D eigenvalue weighted by Crippen LogP contribution is -2.43. The van der Waals surface area contributed by atoms with Crippen LogP contribution < -0.4 is 10.1 Å².